The van der Waals surface area contributed by atoms with Gasteiger partial charge in [0, 0.05) is 28.6 Å². The molecular weight excluding hydrogens is 314 g/mol. The number of amides is 1. The van der Waals surface area contributed by atoms with Gasteiger partial charge in [0.25, 0.3) is 5.91 Å². The topological polar surface area (TPSA) is 47.6 Å². The third-order valence-corrected chi connectivity index (χ3v) is 3.90. The number of ether oxygens (including phenoxy) is 2. The zero-order chi connectivity index (χ0) is 16.4. The third kappa shape index (κ3) is 3.42. The highest BCUT2D eigenvalue weighted by Gasteiger charge is 2.22. The van der Waals surface area contributed by atoms with Crippen molar-refractivity contribution >= 4 is 23.2 Å². The van der Waals surface area contributed by atoms with Crippen molar-refractivity contribution in [2.24, 2.45) is 0 Å². The lowest BCUT2D eigenvalue weighted by atomic mass is 10.1. The molecule has 0 aliphatic carbocycles. The quantitative estimate of drug-likeness (QED) is 0.907. The van der Waals surface area contributed by atoms with Crippen LogP contribution in [0.2, 0.25) is 5.02 Å². The summed E-state index contributed by atoms with van der Waals surface area (Å²) < 4.78 is 11.4. The lowest BCUT2D eigenvalue weighted by Crippen LogP contribution is -2.13. The summed E-state index contributed by atoms with van der Waals surface area (Å²) >= 11 is 5.85. The van der Waals surface area contributed by atoms with E-state index in [1.54, 1.807) is 24.3 Å². The first kappa shape index (κ1) is 15.7. The normalized spacial score (nSPS) is 15.7. The molecule has 23 heavy (non-hydrogen) atoms. The average molecular weight is 332 g/mol. The molecule has 0 spiro atoms. The lowest BCUT2D eigenvalue weighted by molar-refractivity contribution is 0.102. The molecule has 5 heteroatoms. The summed E-state index contributed by atoms with van der Waals surface area (Å²) in [6.07, 6.45) is 0.988. The van der Waals surface area contributed by atoms with Gasteiger partial charge in [-0.15, -0.1) is 0 Å². The Kier molecular flexibility index (Phi) is 4.44. The fraction of sp³-hybridized carbons (Fsp3) is 0.278. The van der Waals surface area contributed by atoms with Gasteiger partial charge in [-0.2, -0.15) is 0 Å². The van der Waals surface area contributed by atoms with Gasteiger partial charge >= 0.3 is 0 Å². The SMILES string of the molecule is CCOc1cc2c(cc1NC(=O)c1ccc(Cl)cc1)OC(C)C2. The molecule has 1 N–H and O–H groups in total. The van der Waals surface area contributed by atoms with Crippen LogP contribution in [0.5, 0.6) is 11.5 Å². The molecule has 1 unspecified atom stereocenters. The van der Waals surface area contributed by atoms with Crippen LogP contribution >= 0.6 is 11.6 Å². The minimum Gasteiger partial charge on any atom is -0.492 e. The van der Waals surface area contributed by atoms with Gasteiger partial charge in [-0.1, -0.05) is 11.6 Å². The second-order valence-corrected chi connectivity index (χ2v) is 5.92. The molecule has 2 aromatic carbocycles. The predicted molar refractivity (Wildman–Crippen MR) is 90.8 cm³/mol. The van der Waals surface area contributed by atoms with Crippen molar-refractivity contribution in [3.05, 3.63) is 52.5 Å². The second kappa shape index (κ2) is 6.50. The first-order chi connectivity index (χ1) is 11.1. The molecule has 1 amide bonds. The van der Waals surface area contributed by atoms with E-state index in [2.05, 4.69) is 5.32 Å². The Balaban J connectivity index is 1.88. The number of fused-ring (bicyclic) bond motifs is 1. The molecule has 0 fully saturated rings. The molecule has 120 valence electrons. The van der Waals surface area contributed by atoms with Gasteiger partial charge < -0.3 is 14.8 Å². The van der Waals surface area contributed by atoms with Crippen molar-refractivity contribution in [2.45, 2.75) is 26.4 Å². The maximum atomic E-state index is 12.4. The first-order valence-electron chi connectivity index (χ1n) is 7.60. The van der Waals surface area contributed by atoms with E-state index in [1.807, 2.05) is 26.0 Å². The molecule has 0 radical (unpaired) electrons. The number of rotatable bonds is 4. The Labute approximate surface area is 140 Å². The standard InChI is InChI=1S/C18H18ClNO3/c1-3-22-17-9-13-8-11(2)23-16(13)10-15(17)20-18(21)12-4-6-14(19)7-5-12/h4-7,9-11H,3,8H2,1-2H3,(H,20,21). The maximum Gasteiger partial charge on any atom is 0.255 e. The number of hydrogen-bond donors (Lipinski definition) is 1. The molecule has 1 atom stereocenters. The molecule has 4 nitrogen and oxygen atoms in total. The molecular formula is C18H18ClNO3. The highest BCUT2D eigenvalue weighted by molar-refractivity contribution is 6.30. The summed E-state index contributed by atoms with van der Waals surface area (Å²) in [4.78, 5) is 12.4. The zero-order valence-corrected chi connectivity index (χ0v) is 13.8. The highest BCUT2D eigenvalue weighted by Crippen LogP contribution is 2.38. The minimum atomic E-state index is -0.214. The molecule has 0 saturated carbocycles. The van der Waals surface area contributed by atoms with Crippen LogP contribution in [0.25, 0.3) is 0 Å². The van der Waals surface area contributed by atoms with Crippen molar-refractivity contribution in [1.29, 1.82) is 0 Å². The van der Waals surface area contributed by atoms with Gasteiger partial charge in [0.05, 0.1) is 12.3 Å². The van der Waals surface area contributed by atoms with Gasteiger partial charge in [-0.05, 0) is 44.2 Å². The number of anilines is 1. The van der Waals surface area contributed by atoms with E-state index in [4.69, 9.17) is 21.1 Å². The molecule has 0 aromatic heterocycles. The van der Waals surface area contributed by atoms with Crippen molar-refractivity contribution in [3.63, 3.8) is 0 Å². The first-order valence-corrected chi connectivity index (χ1v) is 7.98. The highest BCUT2D eigenvalue weighted by atomic mass is 35.5. The molecule has 1 heterocycles. The predicted octanol–water partition coefficient (Wildman–Crippen LogP) is 4.31. The fourth-order valence-electron chi connectivity index (χ4n) is 2.61. The van der Waals surface area contributed by atoms with Crippen molar-refractivity contribution in [3.8, 4) is 11.5 Å². The van der Waals surface area contributed by atoms with Gasteiger partial charge in [-0.3, -0.25) is 4.79 Å². The van der Waals surface area contributed by atoms with Gasteiger partial charge in [0.2, 0.25) is 0 Å². The molecule has 0 saturated heterocycles. The molecule has 1 aliphatic heterocycles. The van der Waals surface area contributed by atoms with E-state index >= 15 is 0 Å². The van der Waals surface area contributed by atoms with Crippen LogP contribution in [0.1, 0.15) is 29.8 Å². The summed E-state index contributed by atoms with van der Waals surface area (Å²) in [5, 5.41) is 3.48. The summed E-state index contributed by atoms with van der Waals surface area (Å²) in [7, 11) is 0. The Hall–Kier alpha value is -2.20. The average Bonchev–Trinajstić information content (AvgIpc) is 2.87. The van der Waals surface area contributed by atoms with Crippen molar-refractivity contribution in [1.82, 2.24) is 0 Å². The summed E-state index contributed by atoms with van der Waals surface area (Å²) in [6, 6.07) is 10.5. The largest absolute Gasteiger partial charge is 0.492 e. The van der Waals surface area contributed by atoms with Crippen LogP contribution in [-0.4, -0.2) is 18.6 Å². The Morgan fingerprint density at radius 3 is 2.78 bits per heavy atom. The monoisotopic (exact) mass is 331 g/mol. The number of benzene rings is 2. The Morgan fingerprint density at radius 2 is 2.09 bits per heavy atom. The summed E-state index contributed by atoms with van der Waals surface area (Å²) in [6.45, 7) is 4.46. The number of nitrogens with one attached hydrogen (secondary N) is 1. The Morgan fingerprint density at radius 1 is 1.35 bits per heavy atom. The second-order valence-electron chi connectivity index (χ2n) is 5.48. The third-order valence-electron chi connectivity index (χ3n) is 3.65. The fourth-order valence-corrected chi connectivity index (χ4v) is 2.73. The number of hydrogen-bond acceptors (Lipinski definition) is 3. The molecule has 2 aromatic rings. The molecule has 1 aliphatic rings. The van der Waals surface area contributed by atoms with Gasteiger partial charge in [-0.25, -0.2) is 0 Å². The van der Waals surface area contributed by atoms with E-state index in [0.717, 1.165) is 17.7 Å². The maximum absolute atomic E-state index is 12.4. The van der Waals surface area contributed by atoms with Gasteiger partial charge in [0.15, 0.2) is 0 Å². The minimum absolute atomic E-state index is 0.140. The summed E-state index contributed by atoms with van der Waals surface area (Å²) in [5.74, 6) is 1.24. The van der Waals surface area contributed by atoms with E-state index in [1.165, 1.54) is 0 Å². The molecule has 0 bridgehead atoms. The van der Waals surface area contributed by atoms with Crippen LogP contribution in [0.3, 0.4) is 0 Å². The number of carbonyl (C=O) groups excluding carboxylic acids is 1. The Bertz CT molecular complexity index is 728. The zero-order valence-electron chi connectivity index (χ0n) is 13.1. The van der Waals surface area contributed by atoms with Gasteiger partial charge in [0.1, 0.15) is 17.6 Å². The van der Waals surface area contributed by atoms with Crippen LogP contribution in [0, 0.1) is 0 Å². The van der Waals surface area contributed by atoms with Crippen LogP contribution in [0.15, 0.2) is 36.4 Å². The number of halogens is 1. The molecule has 3 rings (SSSR count). The van der Waals surface area contributed by atoms with E-state index < -0.39 is 0 Å². The number of carbonyl (C=O) groups is 1. The van der Waals surface area contributed by atoms with Crippen molar-refractivity contribution in [2.75, 3.05) is 11.9 Å². The lowest BCUT2D eigenvalue weighted by Gasteiger charge is -2.13. The van der Waals surface area contributed by atoms with Crippen LogP contribution < -0.4 is 14.8 Å². The van der Waals surface area contributed by atoms with Crippen molar-refractivity contribution < 1.29 is 14.3 Å². The van der Waals surface area contributed by atoms with E-state index in [0.29, 0.717) is 28.6 Å². The van der Waals surface area contributed by atoms with Crippen LogP contribution in [0.4, 0.5) is 5.69 Å². The summed E-state index contributed by atoms with van der Waals surface area (Å²) in [5.41, 5.74) is 2.25. The van der Waals surface area contributed by atoms with Crippen LogP contribution in [-0.2, 0) is 6.42 Å². The smallest absolute Gasteiger partial charge is 0.255 e. The van der Waals surface area contributed by atoms with E-state index in [-0.39, 0.29) is 12.0 Å². The van der Waals surface area contributed by atoms with E-state index in [9.17, 15) is 4.79 Å².